The predicted molar refractivity (Wildman–Crippen MR) is 129 cm³/mol. The Bertz CT molecular complexity index is 1090. The van der Waals surface area contributed by atoms with Crippen LogP contribution in [0.1, 0.15) is 31.1 Å². The highest BCUT2D eigenvalue weighted by Gasteiger charge is 2.13. The molecule has 0 saturated carbocycles. The Balaban J connectivity index is 1.45. The van der Waals surface area contributed by atoms with Crippen LogP contribution in [0.2, 0.25) is 0 Å². The Morgan fingerprint density at radius 3 is 2.44 bits per heavy atom. The van der Waals surface area contributed by atoms with Gasteiger partial charge in [-0.15, -0.1) is 11.3 Å². The molecule has 1 aromatic heterocycles. The van der Waals surface area contributed by atoms with Gasteiger partial charge >= 0.3 is 0 Å². The normalized spacial score (nSPS) is 11.4. The molecule has 0 aliphatic carbocycles. The third-order valence-corrected chi connectivity index (χ3v) is 6.41. The average Bonchev–Trinajstić information content (AvgIpc) is 3.19. The van der Waals surface area contributed by atoms with Crippen molar-refractivity contribution in [2.24, 2.45) is 0 Å². The van der Waals surface area contributed by atoms with Crippen molar-refractivity contribution in [3.63, 3.8) is 0 Å². The van der Waals surface area contributed by atoms with Crippen LogP contribution in [0, 0.1) is 0 Å². The second-order valence-electron chi connectivity index (χ2n) is 7.08. The molecule has 1 heterocycles. The molecule has 9 heteroatoms. The minimum atomic E-state index is -0.179. The third kappa shape index (κ3) is 7.51. The van der Waals surface area contributed by atoms with E-state index in [1.807, 2.05) is 42.6 Å². The molecule has 1 atom stereocenters. The minimum Gasteiger partial charge on any atom is -0.349 e. The molecular weight excluding hydrogens is 444 g/mol. The molecule has 0 radical (unpaired) electrons. The molecule has 3 aromatic rings. The lowest BCUT2D eigenvalue weighted by Gasteiger charge is -2.13. The largest absolute Gasteiger partial charge is 0.349 e. The van der Waals surface area contributed by atoms with Crippen molar-refractivity contribution in [3.8, 4) is 0 Å². The summed E-state index contributed by atoms with van der Waals surface area (Å²) in [6.07, 6.45) is 0.191. The van der Waals surface area contributed by atoms with E-state index < -0.39 is 0 Å². The number of benzene rings is 2. The van der Waals surface area contributed by atoms with E-state index in [4.69, 9.17) is 0 Å². The summed E-state index contributed by atoms with van der Waals surface area (Å²) in [6, 6.07) is 16.7. The van der Waals surface area contributed by atoms with E-state index in [1.54, 1.807) is 24.3 Å². The van der Waals surface area contributed by atoms with Crippen molar-refractivity contribution in [1.82, 2.24) is 10.3 Å². The molecule has 7 nitrogen and oxygen atoms in total. The number of nitrogens with zero attached hydrogens (tertiary/aromatic N) is 1. The van der Waals surface area contributed by atoms with Gasteiger partial charge in [0.05, 0.1) is 23.9 Å². The molecule has 32 heavy (non-hydrogen) atoms. The number of thiazole rings is 1. The lowest BCUT2D eigenvalue weighted by molar-refractivity contribution is -0.121. The SMILES string of the molecule is CC(=O)Nc1cccc(NC(=O)CSc2nc(CC(=O)NC(C)c3ccccc3)cs2)c1. The van der Waals surface area contributed by atoms with Crippen molar-refractivity contribution in [2.45, 2.75) is 30.6 Å². The molecule has 0 fully saturated rings. The van der Waals surface area contributed by atoms with Gasteiger partial charge in [-0.1, -0.05) is 48.2 Å². The van der Waals surface area contributed by atoms with Gasteiger partial charge in [0.2, 0.25) is 17.7 Å². The van der Waals surface area contributed by atoms with Gasteiger partial charge in [0.25, 0.3) is 0 Å². The summed E-state index contributed by atoms with van der Waals surface area (Å²) in [7, 11) is 0. The number of aromatic nitrogens is 1. The second kappa shape index (κ2) is 11.4. The monoisotopic (exact) mass is 468 g/mol. The van der Waals surface area contributed by atoms with E-state index in [0.717, 1.165) is 9.90 Å². The maximum absolute atomic E-state index is 12.3. The molecule has 0 saturated heterocycles. The average molecular weight is 469 g/mol. The molecule has 0 bridgehead atoms. The summed E-state index contributed by atoms with van der Waals surface area (Å²) < 4.78 is 0.728. The molecule has 2 aromatic carbocycles. The number of hydrogen-bond acceptors (Lipinski definition) is 6. The van der Waals surface area contributed by atoms with E-state index in [-0.39, 0.29) is 35.9 Å². The highest BCUT2D eigenvalue weighted by molar-refractivity contribution is 8.01. The van der Waals surface area contributed by atoms with Crippen LogP contribution in [0.4, 0.5) is 11.4 Å². The Morgan fingerprint density at radius 1 is 1.00 bits per heavy atom. The summed E-state index contributed by atoms with van der Waals surface area (Å²) in [5, 5.41) is 10.3. The van der Waals surface area contributed by atoms with Gasteiger partial charge in [0.15, 0.2) is 4.34 Å². The fourth-order valence-corrected chi connectivity index (χ4v) is 4.56. The van der Waals surface area contributed by atoms with Crippen LogP contribution >= 0.6 is 23.1 Å². The zero-order valence-corrected chi connectivity index (χ0v) is 19.4. The first-order valence-electron chi connectivity index (χ1n) is 9.98. The van der Waals surface area contributed by atoms with Gasteiger partial charge in [0.1, 0.15) is 0 Å². The Kier molecular flexibility index (Phi) is 8.41. The van der Waals surface area contributed by atoms with Gasteiger partial charge in [0, 0.05) is 23.7 Å². The number of amides is 3. The highest BCUT2D eigenvalue weighted by Crippen LogP contribution is 2.24. The van der Waals surface area contributed by atoms with Gasteiger partial charge in [-0.2, -0.15) is 0 Å². The zero-order chi connectivity index (χ0) is 22.9. The topological polar surface area (TPSA) is 100 Å². The first-order valence-corrected chi connectivity index (χ1v) is 11.8. The Morgan fingerprint density at radius 2 is 1.72 bits per heavy atom. The summed E-state index contributed by atoms with van der Waals surface area (Å²) in [5.41, 5.74) is 2.95. The highest BCUT2D eigenvalue weighted by atomic mass is 32.2. The molecule has 0 spiro atoms. The molecule has 3 rings (SSSR count). The molecule has 166 valence electrons. The van der Waals surface area contributed by atoms with Crippen LogP contribution in [0.25, 0.3) is 0 Å². The van der Waals surface area contributed by atoms with E-state index in [9.17, 15) is 14.4 Å². The molecule has 0 aliphatic rings. The van der Waals surface area contributed by atoms with Crippen LogP contribution in [0.5, 0.6) is 0 Å². The van der Waals surface area contributed by atoms with Crippen LogP contribution in [-0.4, -0.2) is 28.5 Å². The van der Waals surface area contributed by atoms with Crippen LogP contribution in [0.15, 0.2) is 64.3 Å². The molecule has 1 unspecified atom stereocenters. The fraction of sp³-hybridized carbons (Fsp3) is 0.217. The van der Waals surface area contributed by atoms with Crippen LogP contribution < -0.4 is 16.0 Å². The quantitative estimate of drug-likeness (QED) is 0.408. The minimum absolute atomic E-state index is 0.0796. The zero-order valence-electron chi connectivity index (χ0n) is 17.8. The summed E-state index contributed by atoms with van der Waals surface area (Å²) >= 11 is 2.72. The van der Waals surface area contributed by atoms with Crippen molar-refractivity contribution in [1.29, 1.82) is 0 Å². The van der Waals surface area contributed by atoms with Gasteiger partial charge < -0.3 is 16.0 Å². The number of carbonyl (C=O) groups excluding carboxylic acids is 3. The molecule has 3 amide bonds. The maximum Gasteiger partial charge on any atom is 0.234 e. The number of thioether (sulfide) groups is 1. The number of anilines is 2. The van der Waals surface area contributed by atoms with Crippen molar-refractivity contribution >= 4 is 52.2 Å². The van der Waals surface area contributed by atoms with Gasteiger partial charge in [-0.25, -0.2) is 4.98 Å². The van der Waals surface area contributed by atoms with E-state index in [1.165, 1.54) is 30.0 Å². The van der Waals surface area contributed by atoms with Crippen LogP contribution in [0.3, 0.4) is 0 Å². The first kappa shape index (κ1) is 23.5. The van der Waals surface area contributed by atoms with Gasteiger partial charge in [-0.3, -0.25) is 14.4 Å². The summed E-state index contributed by atoms with van der Waals surface area (Å²) in [6.45, 7) is 3.37. The van der Waals surface area contributed by atoms with E-state index in [0.29, 0.717) is 17.1 Å². The second-order valence-corrected chi connectivity index (χ2v) is 9.16. The number of rotatable bonds is 9. The maximum atomic E-state index is 12.3. The predicted octanol–water partition coefficient (Wildman–Crippen LogP) is 4.25. The smallest absolute Gasteiger partial charge is 0.234 e. The lowest BCUT2D eigenvalue weighted by atomic mass is 10.1. The summed E-state index contributed by atoms with van der Waals surface area (Å²) in [5.74, 6) is -0.262. The number of nitrogens with one attached hydrogen (secondary N) is 3. The number of carbonyl (C=O) groups is 3. The van der Waals surface area contributed by atoms with Crippen molar-refractivity contribution in [3.05, 3.63) is 71.2 Å². The van der Waals surface area contributed by atoms with Crippen LogP contribution in [-0.2, 0) is 20.8 Å². The first-order chi connectivity index (χ1) is 15.4. The van der Waals surface area contributed by atoms with Gasteiger partial charge in [-0.05, 0) is 30.7 Å². The van der Waals surface area contributed by atoms with Crippen molar-refractivity contribution in [2.75, 3.05) is 16.4 Å². The Hall–Kier alpha value is -3.17. The van der Waals surface area contributed by atoms with E-state index >= 15 is 0 Å². The lowest BCUT2D eigenvalue weighted by Crippen LogP contribution is -2.28. The third-order valence-electron chi connectivity index (χ3n) is 4.34. The molecule has 3 N–H and O–H groups in total. The fourth-order valence-electron chi connectivity index (χ4n) is 2.92. The number of hydrogen-bond donors (Lipinski definition) is 3. The van der Waals surface area contributed by atoms with E-state index in [2.05, 4.69) is 20.9 Å². The summed E-state index contributed by atoms with van der Waals surface area (Å²) in [4.78, 5) is 40.2. The molecular formula is C23H24N4O3S2. The van der Waals surface area contributed by atoms with Crippen molar-refractivity contribution < 1.29 is 14.4 Å². The molecule has 0 aliphatic heterocycles. The standard InChI is InChI=1S/C23H24N4O3S2/c1-15(17-7-4-3-5-8-17)24-21(29)12-20-13-31-23(27-20)32-14-22(30)26-19-10-6-9-18(11-19)25-16(2)28/h3-11,13,15H,12,14H2,1-2H3,(H,24,29)(H,25,28)(H,26,30). The Labute approximate surface area is 195 Å².